The van der Waals surface area contributed by atoms with E-state index in [0.717, 1.165) is 0 Å². The van der Waals surface area contributed by atoms with Crippen LogP contribution in [0.1, 0.15) is 33.3 Å². The van der Waals surface area contributed by atoms with Crippen molar-refractivity contribution in [1.82, 2.24) is 9.55 Å². The van der Waals surface area contributed by atoms with E-state index in [0.29, 0.717) is 22.5 Å². The summed E-state index contributed by atoms with van der Waals surface area (Å²) in [5, 5.41) is 0. The number of thiazole rings is 1. The molecule has 21 heavy (non-hydrogen) atoms. The van der Waals surface area contributed by atoms with Gasteiger partial charge in [0.25, 0.3) is 0 Å². The molecule has 7 heteroatoms. The highest BCUT2D eigenvalue weighted by Crippen LogP contribution is 2.25. The van der Waals surface area contributed by atoms with Gasteiger partial charge in [0, 0.05) is 11.8 Å². The maximum atomic E-state index is 12.2. The minimum atomic E-state index is -0.584. The molecule has 0 saturated carbocycles. The molecule has 0 fully saturated rings. The molecule has 0 spiro atoms. The molecule has 6 nitrogen and oxygen atoms in total. The summed E-state index contributed by atoms with van der Waals surface area (Å²) < 4.78 is 11.7. The third-order valence-electron chi connectivity index (χ3n) is 2.59. The van der Waals surface area contributed by atoms with E-state index in [4.69, 9.17) is 9.47 Å². The number of nitrogens with zero attached hydrogens (tertiary/aromatic N) is 2. The van der Waals surface area contributed by atoms with E-state index in [1.54, 1.807) is 39.4 Å². The van der Waals surface area contributed by atoms with Gasteiger partial charge >= 0.3 is 12.1 Å². The van der Waals surface area contributed by atoms with Crippen LogP contribution in [0.2, 0.25) is 0 Å². The molecule has 0 aliphatic heterocycles. The lowest BCUT2D eigenvalue weighted by Gasteiger charge is -2.19. The van der Waals surface area contributed by atoms with E-state index in [1.807, 2.05) is 0 Å². The Morgan fingerprint density at radius 3 is 2.71 bits per heavy atom. The maximum absolute atomic E-state index is 12.2. The first-order valence-corrected chi connectivity index (χ1v) is 7.52. The number of carbonyl (C=O) groups is 2. The van der Waals surface area contributed by atoms with Crippen molar-refractivity contribution in [3.63, 3.8) is 0 Å². The Bertz CT molecular complexity index is 666. The highest BCUT2D eigenvalue weighted by molar-refractivity contribution is 7.16. The van der Waals surface area contributed by atoms with Gasteiger partial charge in [0.05, 0.1) is 18.5 Å². The summed E-state index contributed by atoms with van der Waals surface area (Å²) in [6.45, 7) is 7.49. The van der Waals surface area contributed by atoms with Gasteiger partial charge in [-0.1, -0.05) is 0 Å². The highest BCUT2D eigenvalue weighted by Gasteiger charge is 2.23. The van der Waals surface area contributed by atoms with Crippen molar-refractivity contribution < 1.29 is 19.1 Å². The number of hydrogen-bond acceptors (Lipinski definition) is 6. The first-order valence-electron chi connectivity index (χ1n) is 6.64. The van der Waals surface area contributed by atoms with Crippen LogP contribution in [0.15, 0.2) is 11.7 Å². The second-order valence-corrected chi connectivity index (χ2v) is 6.33. The Morgan fingerprint density at radius 2 is 2.10 bits per heavy atom. The molecule has 0 radical (unpaired) electrons. The van der Waals surface area contributed by atoms with Crippen molar-refractivity contribution in [3.05, 3.63) is 17.3 Å². The van der Waals surface area contributed by atoms with Crippen LogP contribution >= 0.6 is 11.3 Å². The van der Waals surface area contributed by atoms with Crippen LogP contribution in [0.25, 0.3) is 10.3 Å². The molecule has 2 aromatic rings. The molecule has 2 heterocycles. The van der Waals surface area contributed by atoms with Crippen LogP contribution in [0, 0.1) is 0 Å². The van der Waals surface area contributed by atoms with Crippen LogP contribution in [0.5, 0.6) is 0 Å². The molecular formula is C14H18N2O4S. The van der Waals surface area contributed by atoms with Gasteiger partial charge in [-0.3, -0.25) is 4.79 Å². The van der Waals surface area contributed by atoms with Crippen LogP contribution in [-0.2, 0) is 20.7 Å². The summed E-state index contributed by atoms with van der Waals surface area (Å²) in [5.41, 5.74) is 2.36. The average Bonchev–Trinajstić information content (AvgIpc) is 2.90. The quantitative estimate of drug-likeness (QED) is 0.815. The minimum absolute atomic E-state index is 0.0872. The summed E-state index contributed by atoms with van der Waals surface area (Å²) in [6, 6.07) is 0. The normalized spacial score (nSPS) is 11.6. The highest BCUT2D eigenvalue weighted by atomic mass is 32.1. The third-order valence-corrected chi connectivity index (χ3v) is 3.41. The van der Waals surface area contributed by atoms with Gasteiger partial charge in [-0.15, -0.1) is 11.3 Å². The van der Waals surface area contributed by atoms with Crippen LogP contribution in [0.3, 0.4) is 0 Å². The summed E-state index contributed by atoms with van der Waals surface area (Å²) in [4.78, 5) is 28.7. The Balaban J connectivity index is 2.31. The van der Waals surface area contributed by atoms with Gasteiger partial charge in [-0.05, 0) is 27.7 Å². The molecule has 0 aromatic carbocycles. The molecule has 0 amide bonds. The first kappa shape index (κ1) is 15.5. The van der Waals surface area contributed by atoms with Crippen LogP contribution < -0.4 is 0 Å². The zero-order chi connectivity index (χ0) is 15.6. The number of carbonyl (C=O) groups excluding carboxylic acids is 2. The standard InChI is InChI=1S/C14H18N2O4S/c1-5-19-10(17)6-9-7-16(12-11(9)15-8-21-12)13(18)20-14(2,3)4/h7-8H,5-6H2,1-4H3. The second-order valence-electron chi connectivity index (χ2n) is 5.49. The van der Waals surface area contributed by atoms with Crippen molar-refractivity contribution in [1.29, 1.82) is 0 Å². The fourth-order valence-electron chi connectivity index (χ4n) is 1.85. The van der Waals surface area contributed by atoms with Gasteiger partial charge in [0.1, 0.15) is 15.9 Å². The lowest BCUT2D eigenvalue weighted by atomic mass is 10.2. The third kappa shape index (κ3) is 3.60. The van der Waals surface area contributed by atoms with Gasteiger partial charge < -0.3 is 9.47 Å². The zero-order valence-corrected chi connectivity index (χ0v) is 13.3. The Hall–Kier alpha value is -1.89. The van der Waals surface area contributed by atoms with Crippen molar-refractivity contribution in [3.8, 4) is 0 Å². The van der Waals surface area contributed by atoms with Crippen molar-refractivity contribution in [2.75, 3.05) is 6.61 Å². The number of rotatable bonds is 3. The smallest absolute Gasteiger partial charge is 0.419 e. The van der Waals surface area contributed by atoms with E-state index in [-0.39, 0.29) is 12.4 Å². The zero-order valence-electron chi connectivity index (χ0n) is 12.5. The maximum Gasteiger partial charge on any atom is 0.419 e. The van der Waals surface area contributed by atoms with E-state index >= 15 is 0 Å². The Labute approximate surface area is 126 Å². The van der Waals surface area contributed by atoms with Crippen molar-refractivity contribution >= 4 is 33.7 Å². The molecule has 0 bridgehead atoms. The van der Waals surface area contributed by atoms with Crippen LogP contribution in [-0.4, -0.2) is 33.8 Å². The summed E-state index contributed by atoms with van der Waals surface area (Å²) in [6.07, 6.45) is 1.20. The molecule has 114 valence electrons. The number of ether oxygens (including phenoxy) is 2. The van der Waals surface area contributed by atoms with Crippen molar-refractivity contribution in [2.45, 2.75) is 39.7 Å². The predicted octanol–water partition coefficient (Wildman–Crippen LogP) is 2.99. The van der Waals surface area contributed by atoms with E-state index < -0.39 is 11.7 Å². The summed E-state index contributed by atoms with van der Waals surface area (Å²) in [5.74, 6) is -0.339. The number of hydrogen-bond donors (Lipinski definition) is 0. The second kappa shape index (κ2) is 5.85. The van der Waals surface area contributed by atoms with E-state index in [9.17, 15) is 9.59 Å². The monoisotopic (exact) mass is 310 g/mol. The van der Waals surface area contributed by atoms with Gasteiger partial charge in [0.2, 0.25) is 0 Å². The SMILES string of the molecule is CCOC(=O)Cc1cn(C(=O)OC(C)(C)C)c2scnc12. The Morgan fingerprint density at radius 1 is 1.38 bits per heavy atom. The fourth-order valence-corrected chi connectivity index (χ4v) is 2.64. The van der Waals surface area contributed by atoms with Gasteiger partial charge in [-0.2, -0.15) is 0 Å². The molecule has 2 rings (SSSR count). The molecule has 0 unspecified atom stereocenters. The van der Waals surface area contributed by atoms with E-state index in [2.05, 4.69) is 4.98 Å². The summed E-state index contributed by atoms with van der Waals surface area (Å²) >= 11 is 1.33. The largest absolute Gasteiger partial charge is 0.466 e. The topological polar surface area (TPSA) is 70.4 Å². The minimum Gasteiger partial charge on any atom is -0.466 e. The predicted molar refractivity (Wildman–Crippen MR) is 79.6 cm³/mol. The molecule has 0 N–H and O–H groups in total. The number of fused-ring (bicyclic) bond motifs is 1. The molecule has 0 saturated heterocycles. The first-order chi connectivity index (χ1) is 9.81. The fraction of sp³-hybridized carbons (Fsp3) is 0.500. The average molecular weight is 310 g/mol. The van der Waals surface area contributed by atoms with Gasteiger partial charge in [0.15, 0.2) is 0 Å². The molecule has 2 aromatic heterocycles. The number of esters is 1. The Kier molecular flexibility index (Phi) is 4.32. The lowest BCUT2D eigenvalue weighted by Crippen LogP contribution is -2.26. The van der Waals surface area contributed by atoms with Crippen molar-refractivity contribution in [2.24, 2.45) is 0 Å². The van der Waals surface area contributed by atoms with Crippen LogP contribution in [0.4, 0.5) is 4.79 Å². The lowest BCUT2D eigenvalue weighted by molar-refractivity contribution is -0.142. The van der Waals surface area contributed by atoms with Gasteiger partial charge in [-0.25, -0.2) is 14.3 Å². The molecule has 0 aliphatic rings. The number of aromatic nitrogens is 2. The van der Waals surface area contributed by atoms with E-state index in [1.165, 1.54) is 15.9 Å². The summed E-state index contributed by atoms with van der Waals surface area (Å²) in [7, 11) is 0. The molecular weight excluding hydrogens is 292 g/mol. The molecule has 0 aliphatic carbocycles. The molecule has 0 atom stereocenters.